The summed E-state index contributed by atoms with van der Waals surface area (Å²) < 4.78 is 7.36. The predicted octanol–water partition coefficient (Wildman–Crippen LogP) is 2.26. The van der Waals surface area contributed by atoms with Crippen molar-refractivity contribution in [1.82, 2.24) is 4.57 Å². The molecular formula is C12H10BrNO4. The van der Waals surface area contributed by atoms with Gasteiger partial charge in [0.25, 0.3) is 5.56 Å². The number of halogens is 1. The second kappa shape index (κ2) is 4.81. The molecule has 2 rings (SSSR count). The molecule has 6 heteroatoms. The maximum atomic E-state index is 11.7. The van der Waals surface area contributed by atoms with E-state index in [0.717, 1.165) is 10.0 Å². The summed E-state index contributed by atoms with van der Waals surface area (Å²) in [6, 6.07) is 4.42. The lowest BCUT2D eigenvalue weighted by Crippen LogP contribution is -2.19. The van der Waals surface area contributed by atoms with Crippen molar-refractivity contribution >= 4 is 21.9 Å². The Labute approximate surface area is 111 Å². The van der Waals surface area contributed by atoms with E-state index in [-0.39, 0.29) is 17.9 Å². The van der Waals surface area contributed by atoms with Crippen molar-refractivity contribution in [2.75, 3.05) is 0 Å². The number of hydrogen-bond donors (Lipinski definition) is 1. The van der Waals surface area contributed by atoms with Gasteiger partial charge in [-0.2, -0.15) is 0 Å². The van der Waals surface area contributed by atoms with Crippen LogP contribution in [0.2, 0.25) is 0 Å². The Balaban J connectivity index is 2.31. The number of aryl methyl sites for hydroxylation is 1. The second-order valence-corrected chi connectivity index (χ2v) is 4.70. The van der Waals surface area contributed by atoms with Crippen molar-refractivity contribution in [3.8, 4) is 0 Å². The molecule has 0 aliphatic carbocycles. The third kappa shape index (κ3) is 2.53. The summed E-state index contributed by atoms with van der Waals surface area (Å²) in [5.41, 5.74) is 0.686. The largest absolute Gasteiger partial charge is 0.475 e. The Kier molecular flexibility index (Phi) is 3.38. The van der Waals surface area contributed by atoms with E-state index in [2.05, 4.69) is 15.9 Å². The summed E-state index contributed by atoms with van der Waals surface area (Å²) in [5, 5.41) is 8.73. The number of pyridine rings is 1. The zero-order valence-corrected chi connectivity index (χ0v) is 11.1. The number of carboxylic acids is 1. The van der Waals surface area contributed by atoms with E-state index in [0.29, 0.717) is 5.76 Å². The highest BCUT2D eigenvalue weighted by Gasteiger charge is 2.10. The number of rotatable bonds is 3. The van der Waals surface area contributed by atoms with Crippen LogP contribution in [0.15, 0.2) is 38.1 Å². The van der Waals surface area contributed by atoms with Crippen molar-refractivity contribution in [3.63, 3.8) is 0 Å². The van der Waals surface area contributed by atoms with Crippen LogP contribution in [0.25, 0.3) is 0 Å². The van der Waals surface area contributed by atoms with Gasteiger partial charge in [0.2, 0.25) is 5.76 Å². The molecule has 2 aromatic heterocycles. The molecule has 0 saturated heterocycles. The first-order chi connectivity index (χ1) is 8.47. The van der Waals surface area contributed by atoms with Gasteiger partial charge in [0.1, 0.15) is 5.76 Å². The summed E-state index contributed by atoms with van der Waals surface area (Å²) in [6.07, 6.45) is 1.65. The second-order valence-electron chi connectivity index (χ2n) is 3.84. The molecule has 0 amide bonds. The van der Waals surface area contributed by atoms with E-state index in [9.17, 15) is 9.59 Å². The number of hydrogen-bond acceptors (Lipinski definition) is 3. The maximum Gasteiger partial charge on any atom is 0.371 e. The quantitative estimate of drug-likeness (QED) is 0.943. The number of carbonyl (C=O) groups is 1. The van der Waals surface area contributed by atoms with Crippen LogP contribution in [-0.4, -0.2) is 15.6 Å². The van der Waals surface area contributed by atoms with Crippen LogP contribution >= 0.6 is 15.9 Å². The molecular weight excluding hydrogens is 302 g/mol. The summed E-state index contributed by atoms with van der Waals surface area (Å²) in [5.74, 6) is -0.840. The number of nitrogens with zero attached hydrogens (tertiary/aromatic N) is 1. The summed E-state index contributed by atoms with van der Waals surface area (Å²) in [7, 11) is 0. The lowest BCUT2D eigenvalue weighted by molar-refractivity contribution is 0.0660. The number of aromatic carboxylic acids is 1. The van der Waals surface area contributed by atoms with Crippen molar-refractivity contribution in [2.24, 2.45) is 0 Å². The molecule has 0 aliphatic heterocycles. The van der Waals surface area contributed by atoms with Gasteiger partial charge in [0.05, 0.1) is 6.54 Å². The van der Waals surface area contributed by atoms with Crippen molar-refractivity contribution in [1.29, 1.82) is 0 Å². The summed E-state index contributed by atoms with van der Waals surface area (Å²) >= 11 is 3.34. The molecule has 2 heterocycles. The van der Waals surface area contributed by atoms with Gasteiger partial charge in [-0.1, -0.05) is 0 Å². The third-order valence-corrected chi connectivity index (χ3v) is 3.30. The lowest BCUT2D eigenvalue weighted by Gasteiger charge is -2.05. The van der Waals surface area contributed by atoms with Crippen LogP contribution in [0.3, 0.4) is 0 Å². The molecule has 0 unspecified atom stereocenters. The van der Waals surface area contributed by atoms with E-state index in [1.807, 2.05) is 6.92 Å². The molecule has 1 N–H and O–H groups in total. The summed E-state index contributed by atoms with van der Waals surface area (Å²) in [6.45, 7) is 2.02. The minimum Gasteiger partial charge on any atom is -0.475 e. The SMILES string of the molecule is Cc1cc(=O)n(Cc2ccc(C(=O)O)o2)cc1Br. The number of carboxylic acid groups (broad SMARTS) is 1. The minimum atomic E-state index is -1.13. The molecule has 0 radical (unpaired) electrons. The van der Waals surface area contributed by atoms with Crippen molar-refractivity contribution in [2.45, 2.75) is 13.5 Å². The zero-order valence-electron chi connectivity index (χ0n) is 9.51. The molecule has 5 nitrogen and oxygen atoms in total. The Morgan fingerprint density at radius 1 is 1.50 bits per heavy atom. The number of furan rings is 1. The smallest absolute Gasteiger partial charge is 0.371 e. The molecule has 0 aromatic carbocycles. The third-order valence-electron chi connectivity index (χ3n) is 2.47. The molecule has 0 spiro atoms. The number of aromatic nitrogens is 1. The molecule has 18 heavy (non-hydrogen) atoms. The van der Waals surface area contributed by atoms with E-state index in [1.54, 1.807) is 12.3 Å². The fourth-order valence-corrected chi connectivity index (χ4v) is 1.87. The first-order valence-corrected chi connectivity index (χ1v) is 5.95. The van der Waals surface area contributed by atoms with Crippen molar-refractivity contribution < 1.29 is 14.3 Å². The lowest BCUT2D eigenvalue weighted by atomic mass is 10.3. The van der Waals surface area contributed by atoms with Crippen LogP contribution in [0.4, 0.5) is 0 Å². The van der Waals surface area contributed by atoms with Gasteiger partial charge in [-0.05, 0) is 40.5 Å². The molecule has 0 aliphatic rings. The first kappa shape index (κ1) is 12.6. The topological polar surface area (TPSA) is 72.4 Å². The van der Waals surface area contributed by atoms with Crippen LogP contribution in [0.1, 0.15) is 21.9 Å². The van der Waals surface area contributed by atoms with Gasteiger partial charge in [-0.25, -0.2) is 4.79 Å². The van der Waals surface area contributed by atoms with Crippen LogP contribution in [0.5, 0.6) is 0 Å². The Bertz CT molecular complexity index is 656. The van der Waals surface area contributed by atoms with E-state index in [4.69, 9.17) is 9.52 Å². The first-order valence-electron chi connectivity index (χ1n) is 5.16. The standard InChI is InChI=1S/C12H10BrNO4/c1-7-4-11(15)14(6-9(7)13)5-8-2-3-10(18-8)12(16)17/h2-4,6H,5H2,1H3,(H,16,17). The average Bonchev–Trinajstić information content (AvgIpc) is 2.74. The molecule has 0 saturated carbocycles. The van der Waals surface area contributed by atoms with Crippen molar-refractivity contribution in [3.05, 3.63) is 56.3 Å². The van der Waals surface area contributed by atoms with Crippen LogP contribution < -0.4 is 5.56 Å². The Hall–Kier alpha value is -1.82. The van der Waals surface area contributed by atoms with Gasteiger partial charge in [-0.3, -0.25) is 4.79 Å². The Morgan fingerprint density at radius 3 is 2.83 bits per heavy atom. The summed E-state index contributed by atoms with van der Waals surface area (Å²) in [4.78, 5) is 22.4. The highest BCUT2D eigenvalue weighted by Crippen LogP contribution is 2.14. The molecule has 94 valence electrons. The van der Waals surface area contributed by atoms with Gasteiger partial charge in [-0.15, -0.1) is 0 Å². The molecule has 2 aromatic rings. The van der Waals surface area contributed by atoms with Gasteiger partial charge < -0.3 is 14.1 Å². The maximum absolute atomic E-state index is 11.7. The van der Waals surface area contributed by atoms with Crippen LogP contribution in [0, 0.1) is 6.92 Å². The fraction of sp³-hybridized carbons (Fsp3) is 0.167. The van der Waals surface area contributed by atoms with Gasteiger partial charge in [0.15, 0.2) is 0 Å². The van der Waals surface area contributed by atoms with Crippen LogP contribution in [-0.2, 0) is 6.54 Å². The normalized spacial score (nSPS) is 10.6. The molecule has 0 atom stereocenters. The average molecular weight is 312 g/mol. The Morgan fingerprint density at radius 2 is 2.22 bits per heavy atom. The van der Waals surface area contributed by atoms with E-state index >= 15 is 0 Å². The minimum absolute atomic E-state index is 0.135. The van der Waals surface area contributed by atoms with Gasteiger partial charge >= 0.3 is 5.97 Å². The van der Waals surface area contributed by atoms with Gasteiger partial charge in [0, 0.05) is 16.7 Å². The molecule has 0 fully saturated rings. The van der Waals surface area contributed by atoms with E-state index < -0.39 is 5.97 Å². The molecule has 0 bridgehead atoms. The fourth-order valence-electron chi connectivity index (χ4n) is 1.51. The highest BCUT2D eigenvalue weighted by molar-refractivity contribution is 9.10. The monoisotopic (exact) mass is 311 g/mol. The predicted molar refractivity (Wildman–Crippen MR) is 67.9 cm³/mol. The van der Waals surface area contributed by atoms with E-state index in [1.165, 1.54) is 16.7 Å². The highest BCUT2D eigenvalue weighted by atomic mass is 79.9. The zero-order chi connectivity index (χ0) is 13.3.